The van der Waals surface area contributed by atoms with Crippen LogP contribution in [0, 0.1) is 11.3 Å². The molecule has 15 heteroatoms. The number of hydrogen-bond acceptors (Lipinski definition) is 12. The van der Waals surface area contributed by atoms with Crippen LogP contribution in [-0.2, 0) is 21.6 Å². The molecule has 0 saturated carbocycles. The second-order valence-corrected chi connectivity index (χ2v) is 16.8. The fraction of sp³-hybridized carbons (Fsp3) is 0.400. The Morgan fingerprint density at radius 2 is 1.68 bits per heavy atom. The summed E-state index contributed by atoms with van der Waals surface area (Å²) >= 11 is 6.30. The molecule has 0 bridgehead atoms. The number of ether oxygens (including phenoxy) is 1. The van der Waals surface area contributed by atoms with Crippen LogP contribution in [0.3, 0.4) is 0 Å². The van der Waals surface area contributed by atoms with Crippen LogP contribution in [0.5, 0.6) is 5.75 Å². The molecule has 2 N–H and O–H groups in total. The molecular weight excluding hydrogens is 782 g/mol. The number of nitriles is 1. The van der Waals surface area contributed by atoms with Crippen molar-refractivity contribution in [3.8, 4) is 11.8 Å². The lowest BCUT2D eigenvalue weighted by atomic mass is 9.78. The fourth-order valence-electron chi connectivity index (χ4n) is 8.73. The van der Waals surface area contributed by atoms with Crippen molar-refractivity contribution < 1.29 is 23.9 Å². The van der Waals surface area contributed by atoms with Crippen molar-refractivity contribution in [2.45, 2.75) is 63.6 Å². The minimum absolute atomic E-state index is 0.0844. The molecule has 0 aliphatic carbocycles. The van der Waals surface area contributed by atoms with Crippen molar-refractivity contribution in [2.24, 2.45) is 0 Å². The molecule has 60 heavy (non-hydrogen) atoms. The highest BCUT2D eigenvalue weighted by molar-refractivity contribution is 6.30. The molecule has 4 aliphatic heterocycles. The Kier molecular flexibility index (Phi) is 11.8. The number of aromatic nitrogens is 2. The standard InChI is InChI=1S/C45H48ClN9O5/c1-45(2,31-24-29(27-47)25-32(46)26-31)30-6-8-35(9-7-30)60-28-33-12-15-49-44(50-33)54-22-20-53(21-23-54)34-13-17-52(18-14-34)19-16-48-37-5-3-4-36-40(37)43(59)55(42(36)58)38-10-11-39(56)51-41(38)57/h3-9,12,15,24-26,34,38,48H,10-11,13-14,16-23,28H2,1-2H3,(H,51,56,57). The number of fused-ring (bicyclic) bond motifs is 1. The predicted octanol–water partition coefficient (Wildman–Crippen LogP) is 5.01. The van der Waals surface area contributed by atoms with Gasteiger partial charge in [-0.3, -0.25) is 34.3 Å². The predicted molar refractivity (Wildman–Crippen MR) is 226 cm³/mol. The summed E-state index contributed by atoms with van der Waals surface area (Å²) in [5.74, 6) is -0.568. The van der Waals surface area contributed by atoms with Gasteiger partial charge in [0.15, 0.2) is 0 Å². The topological polar surface area (TPSA) is 164 Å². The number of anilines is 2. The molecule has 14 nitrogen and oxygen atoms in total. The van der Waals surface area contributed by atoms with Crippen molar-refractivity contribution in [3.63, 3.8) is 0 Å². The van der Waals surface area contributed by atoms with E-state index in [0.29, 0.717) is 41.4 Å². The highest BCUT2D eigenvalue weighted by Crippen LogP contribution is 2.35. The number of halogens is 1. The van der Waals surface area contributed by atoms with E-state index in [1.54, 1.807) is 30.5 Å². The van der Waals surface area contributed by atoms with Gasteiger partial charge in [0.2, 0.25) is 17.8 Å². The lowest BCUT2D eigenvalue weighted by molar-refractivity contribution is -0.136. The van der Waals surface area contributed by atoms with E-state index < -0.39 is 29.7 Å². The Bertz CT molecular complexity index is 2330. The summed E-state index contributed by atoms with van der Waals surface area (Å²) in [5.41, 5.74) is 4.18. The average molecular weight is 830 g/mol. The molecule has 8 rings (SSSR count). The van der Waals surface area contributed by atoms with Crippen molar-refractivity contribution in [3.05, 3.63) is 111 Å². The molecule has 1 atom stereocenters. The normalized spacial score (nSPS) is 19.3. The maximum atomic E-state index is 13.4. The van der Waals surface area contributed by atoms with Crippen LogP contribution < -0.4 is 20.3 Å². The highest BCUT2D eigenvalue weighted by atomic mass is 35.5. The molecule has 0 spiro atoms. The van der Waals surface area contributed by atoms with E-state index in [0.717, 1.165) is 86.1 Å². The molecule has 0 radical (unpaired) electrons. The summed E-state index contributed by atoms with van der Waals surface area (Å²) in [7, 11) is 0. The number of piperazine rings is 1. The number of benzene rings is 3. The molecule has 3 fully saturated rings. The second kappa shape index (κ2) is 17.4. The van der Waals surface area contributed by atoms with Gasteiger partial charge in [0.05, 0.1) is 28.5 Å². The zero-order chi connectivity index (χ0) is 42.0. The van der Waals surface area contributed by atoms with Gasteiger partial charge in [0, 0.05) is 74.1 Å². The Hall–Kier alpha value is -5.88. The number of carbonyl (C=O) groups excluding carboxylic acids is 4. The summed E-state index contributed by atoms with van der Waals surface area (Å²) < 4.78 is 6.13. The van der Waals surface area contributed by atoms with Crippen LogP contribution in [0.2, 0.25) is 5.02 Å². The first-order valence-corrected chi connectivity index (χ1v) is 20.9. The molecule has 4 aliphatic rings. The summed E-state index contributed by atoms with van der Waals surface area (Å²) in [5, 5.41) is 15.6. The number of likely N-dealkylation sites (tertiary alicyclic amines) is 1. The maximum absolute atomic E-state index is 13.4. The minimum atomic E-state index is -0.989. The van der Waals surface area contributed by atoms with Crippen molar-refractivity contribution in [1.29, 1.82) is 5.26 Å². The number of imide groups is 2. The molecule has 310 valence electrons. The number of amides is 4. The molecule has 5 heterocycles. The zero-order valence-electron chi connectivity index (χ0n) is 33.8. The average Bonchev–Trinajstić information content (AvgIpc) is 3.52. The second-order valence-electron chi connectivity index (χ2n) is 16.3. The fourth-order valence-corrected chi connectivity index (χ4v) is 8.97. The van der Waals surface area contributed by atoms with Crippen molar-refractivity contribution in [2.75, 3.05) is 62.6 Å². The van der Waals surface area contributed by atoms with Gasteiger partial charge >= 0.3 is 0 Å². The first kappa shape index (κ1) is 40.9. The third-order valence-electron chi connectivity index (χ3n) is 12.3. The SMILES string of the molecule is CC(C)(c1ccc(OCc2ccnc(N3CCN(C4CCN(CCNc5cccc6c5C(=O)N(C5CCC(=O)NC5=O)C6=O)CC4)CC3)n2)cc1)c1cc(Cl)cc(C#N)c1. The van der Waals surface area contributed by atoms with Gasteiger partial charge in [-0.05, 0) is 92.0 Å². The maximum Gasteiger partial charge on any atom is 0.264 e. The summed E-state index contributed by atoms with van der Waals surface area (Å²) in [4.78, 5) is 68.5. The number of nitrogens with one attached hydrogen (secondary N) is 2. The number of carbonyl (C=O) groups is 4. The van der Waals surface area contributed by atoms with Crippen LogP contribution >= 0.6 is 11.6 Å². The molecular formula is C45H48ClN9O5. The van der Waals surface area contributed by atoms with Crippen LogP contribution in [-0.4, -0.2) is 113 Å². The van der Waals surface area contributed by atoms with Crippen LogP contribution in [0.15, 0.2) is 72.9 Å². The van der Waals surface area contributed by atoms with E-state index >= 15 is 0 Å². The first-order chi connectivity index (χ1) is 29.0. The van der Waals surface area contributed by atoms with Crippen LogP contribution in [0.25, 0.3) is 0 Å². The quantitative estimate of drug-likeness (QED) is 0.184. The molecule has 4 amide bonds. The smallest absolute Gasteiger partial charge is 0.264 e. The lowest BCUT2D eigenvalue weighted by Gasteiger charge is -2.42. The van der Waals surface area contributed by atoms with E-state index in [4.69, 9.17) is 21.3 Å². The Labute approximate surface area is 354 Å². The van der Waals surface area contributed by atoms with E-state index in [1.807, 2.05) is 42.5 Å². The first-order valence-electron chi connectivity index (χ1n) is 20.5. The third-order valence-corrected chi connectivity index (χ3v) is 12.5. The van der Waals surface area contributed by atoms with Gasteiger partial charge in [0.1, 0.15) is 18.4 Å². The molecule has 3 aromatic carbocycles. The van der Waals surface area contributed by atoms with Gasteiger partial charge in [0.25, 0.3) is 11.8 Å². The summed E-state index contributed by atoms with van der Waals surface area (Å²) in [6.07, 6.45) is 4.14. The summed E-state index contributed by atoms with van der Waals surface area (Å²) in [6.45, 7) is 11.4. The molecule has 3 saturated heterocycles. The highest BCUT2D eigenvalue weighted by Gasteiger charge is 2.45. The van der Waals surface area contributed by atoms with Gasteiger partial charge in [-0.2, -0.15) is 5.26 Å². The number of rotatable bonds is 12. The van der Waals surface area contributed by atoms with Crippen molar-refractivity contribution >= 4 is 46.9 Å². The van der Waals surface area contributed by atoms with Gasteiger partial charge in [-0.25, -0.2) is 9.97 Å². The monoisotopic (exact) mass is 829 g/mol. The zero-order valence-corrected chi connectivity index (χ0v) is 34.6. The van der Waals surface area contributed by atoms with Crippen molar-refractivity contribution in [1.82, 2.24) is 30.0 Å². The van der Waals surface area contributed by atoms with E-state index in [-0.39, 0.29) is 29.4 Å². The largest absolute Gasteiger partial charge is 0.487 e. The molecule has 1 aromatic heterocycles. The third kappa shape index (κ3) is 8.56. The minimum Gasteiger partial charge on any atom is -0.487 e. The van der Waals surface area contributed by atoms with Gasteiger partial charge < -0.3 is 19.9 Å². The van der Waals surface area contributed by atoms with Gasteiger partial charge in [-0.1, -0.05) is 43.6 Å². The Balaban J connectivity index is 0.773. The Morgan fingerprint density at radius 1 is 0.917 bits per heavy atom. The van der Waals surface area contributed by atoms with Gasteiger partial charge in [-0.15, -0.1) is 0 Å². The van der Waals surface area contributed by atoms with Crippen LogP contribution in [0.4, 0.5) is 11.6 Å². The lowest BCUT2D eigenvalue weighted by Crippen LogP contribution is -2.54. The number of nitrogens with zero attached hydrogens (tertiary/aromatic N) is 7. The number of piperidine rings is 2. The van der Waals surface area contributed by atoms with E-state index in [2.05, 4.69) is 50.2 Å². The van der Waals surface area contributed by atoms with Crippen LogP contribution in [0.1, 0.15) is 82.6 Å². The molecule has 1 unspecified atom stereocenters. The molecule has 4 aromatic rings. The summed E-state index contributed by atoms with van der Waals surface area (Å²) in [6, 6.07) is 22.2. The van der Waals surface area contributed by atoms with E-state index in [9.17, 15) is 24.4 Å². The van der Waals surface area contributed by atoms with E-state index in [1.165, 1.54) is 0 Å². The number of hydrogen-bond donors (Lipinski definition) is 2. The Morgan fingerprint density at radius 3 is 2.42 bits per heavy atom.